The molecule has 0 amide bonds. The van der Waals surface area contributed by atoms with Gasteiger partial charge in [-0.1, -0.05) is 0 Å². The van der Waals surface area contributed by atoms with Gasteiger partial charge in [0, 0.05) is 30.3 Å². The first-order valence-corrected chi connectivity index (χ1v) is 8.60. The summed E-state index contributed by atoms with van der Waals surface area (Å²) in [5.74, 6) is 1.68. The topological polar surface area (TPSA) is 66.3 Å². The Morgan fingerprint density at radius 3 is 2.68 bits per heavy atom. The average molecular weight is 301 g/mol. The molecular weight excluding hydrogens is 278 g/mol. The van der Waals surface area contributed by atoms with Crippen LogP contribution >= 0.6 is 0 Å². The van der Waals surface area contributed by atoms with Crippen LogP contribution in [-0.2, 0) is 17.6 Å². The van der Waals surface area contributed by atoms with E-state index >= 15 is 0 Å². The van der Waals surface area contributed by atoms with Crippen molar-refractivity contribution in [1.29, 1.82) is 0 Å². The molecule has 1 aromatic rings. The van der Waals surface area contributed by atoms with E-state index in [1.807, 2.05) is 0 Å². The number of rotatable bonds is 3. The van der Waals surface area contributed by atoms with Gasteiger partial charge in [0.05, 0.1) is 5.92 Å². The molecule has 118 valence electrons. The highest BCUT2D eigenvalue weighted by Gasteiger charge is 2.32. The first-order valence-electron chi connectivity index (χ1n) is 8.60. The maximum atomic E-state index is 11.3. The number of carboxylic acid groups (broad SMARTS) is 1. The molecule has 2 aliphatic carbocycles. The first-order chi connectivity index (χ1) is 10.7. The number of aryl methyl sites for hydroxylation is 1. The Kier molecular flexibility index (Phi) is 3.51. The van der Waals surface area contributed by atoms with Gasteiger partial charge in [0.1, 0.15) is 11.6 Å². The largest absolute Gasteiger partial charge is 0.481 e. The first kappa shape index (κ1) is 14.0. The number of anilines is 1. The lowest BCUT2D eigenvalue weighted by molar-refractivity contribution is -0.141. The molecule has 5 heteroatoms. The lowest BCUT2D eigenvalue weighted by Gasteiger charge is -2.34. The second-order valence-corrected chi connectivity index (χ2v) is 6.94. The van der Waals surface area contributed by atoms with E-state index in [-0.39, 0.29) is 5.92 Å². The molecule has 5 nitrogen and oxygen atoms in total. The van der Waals surface area contributed by atoms with Gasteiger partial charge in [-0.15, -0.1) is 0 Å². The summed E-state index contributed by atoms with van der Waals surface area (Å²) in [7, 11) is 0. The third-order valence-corrected chi connectivity index (χ3v) is 5.19. The molecule has 0 radical (unpaired) electrons. The number of fused-ring (bicyclic) bond motifs is 1. The molecule has 0 bridgehead atoms. The minimum atomic E-state index is -0.671. The van der Waals surface area contributed by atoms with Gasteiger partial charge in [-0.2, -0.15) is 0 Å². The fourth-order valence-electron chi connectivity index (χ4n) is 3.75. The van der Waals surface area contributed by atoms with Crippen LogP contribution in [0.4, 0.5) is 5.82 Å². The summed E-state index contributed by atoms with van der Waals surface area (Å²) in [6.45, 7) is 1.53. The van der Waals surface area contributed by atoms with E-state index in [1.165, 1.54) is 36.9 Å². The summed E-state index contributed by atoms with van der Waals surface area (Å²) in [6, 6.07) is 0. The second kappa shape index (κ2) is 5.52. The van der Waals surface area contributed by atoms with Gasteiger partial charge in [-0.05, 0) is 51.4 Å². The predicted molar refractivity (Wildman–Crippen MR) is 83.2 cm³/mol. The van der Waals surface area contributed by atoms with Crippen LogP contribution in [0.3, 0.4) is 0 Å². The molecular formula is C17H23N3O2. The van der Waals surface area contributed by atoms with Crippen LogP contribution in [0.2, 0.25) is 0 Å². The third-order valence-electron chi connectivity index (χ3n) is 5.19. The number of aliphatic carboxylic acids is 1. The van der Waals surface area contributed by atoms with Gasteiger partial charge in [-0.25, -0.2) is 9.97 Å². The monoisotopic (exact) mass is 301 g/mol. The number of aromatic nitrogens is 2. The normalized spacial score (nSPS) is 24.9. The Morgan fingerprint density at radius 1 is 1.09 bits per heavy atom. The molecule has 1 N–H and O–H groups in total. The number of carbonyl (C=O) groups is 1. The molecule has 1 aromatic heterocycles. The van der Waals surface area contributed by atoms with Gasteiger partial charge < -0.3 is 10.0 Å². The van der Waals surface area contributed by atoms with Crippen molar-refractivity contribution in [2.24, 2.45) is 5.92 Å². The molecule has 0 spiro atoms. The summed E-state index contributed by atoms with van der Waals surface area (Å²) in [5, 5.41) is 9.33. The zero-order chi connectivity index (χ0) is 15.1. The van der Waals surface area contributed by atoms with Gasteiger partial charge in [-0.3, -0.25) is 4.79 Å². The maximum absolute atomic E-state index is 11.3. The molecule has 1 saturated heterocycles. The van der Waals surface area contributed by atoms with Crippen molar-refractivity contribution in [2.75, 3.05) is 18.0 Å². The lowest BCUT2D eigenvalue weighted by Crippen LogP contribution is -2.40. The molecule has 0 aromatic carbocycles. The number of nitrogens with zero attached hydrogens (tertiary/aromatic N) is 3. The molecule has 1 aliphatic heterocycles. The van der Waals surface area contributed by atoms with E-state index < -0.39 is 5.97 Å². The zero-order valence-electron chi connectivity index (χ0n) is 12.9. The Hall–Kier alpha value is -1.65. The van der Waals surface area contributed by atoms with E-state index in [0.717, 1.165) is 43.9 Å². The van der Waals surface area contributed by atoms with Crippen LogP contribution < -0.4 is 4.90 Å². The Morgan fingerprint density at radius 2 is 1.91 bits per heavy atom. The smallest absolute Gasteiger partial charge is 0.308 e. The van der Waals surface area contributed by atoms with Crippen LogP contribution in [0, 0.1) is 5.92 Å². The van der Waals surface area contributed by atoms with Crippen molar-refractivity contribution in [3.8, 4) is 0 Å². The van der Waals surface area contributed by atoms with E-state index in [9.17, 15) is 9.90 Å². The quantitative estimate of drug-likeness (QED) is 0.929. The minimum Gasteiger partial charge on any atom is -0.481 e. The Bertz CT molecular complexity index is 598. The molecule has 2 heterocycles. The van der Waals surface area contributed by atoms with Crippen LogP contribution in [0.15, 0.2) is 0 Å². The summed E-state index contributed by atoms with van der Waals surface area (Å²) < 4.78 is 0. The third kappa shape index (κ3) is 2.57. The van der Waals surface area contributed by atoms with E-state index in [0.29, 0.717) is 12.5 Å². The SMILES string of the molecule is O=C(O)[C@H]1CCCN(c2nc(C3CC3)nc3c2CCCC3)C1. The van der Waals surface area contributed by atoms with Crippen LogP contribution in [0.5, 0.6) is 0 Å². The van der Waals surface area contributed by atoms with Crippen molar-refractivity contribution in [2.45, 2.75) is 57.3 Å². The van der Waals surface area contributed by atoms with Gasteiger partial charge in [0.2, 0.25) is 0 Å². The summed E-state index contributed by atoms with van der Waals surface area (Å²) in [5.41, 5.74) is 2.53. The van der Waals surface area contributed by atoms with E-state index in [2.05, 4.69) is 4.90 Å². The Labute approximate surface area is 130 Å². The molecule has 3 aliphatic rings. The van der Waals surface area contributed by atoms with Crippen LogP contribution in [0.1, 0.15) is 61.5 Å². The van der Waals surface area contributed by atoms with Gasteiger partial charge in [0.15, 0.2) is 0 Å². The lowest BCUT2D eigenvalue weighted by atomic mass is 9.93. The van der Waals surface area contributed by atoms with Gasteiger partial charge in [0.25, 0.3) is 0 Å². The number of carboxylic acids is 1. The highest BCUT2D eigenvalue weighted by Crippen LogP contribution is 2.40. The van der Waals surface area contributed by atoms with Crippen molar-refractivity contribution in [3.05, 3.63) is 17.1 Å². The number of hydrogen-bond acceptors (Lipinski definition) is 4. The second-order valence-electron chi connectivity index (χ2n) is 6.94. The minimum absolute atomic E-state index is 0.257. The fourth-order valence-corrected chi connectivity index (χ4v) is 3.75. The van der Waals surface area contributed by atoms with E-state index in [4.69, 9.17) is 9.97 Å². The summed E-state index contributed by atoms with van der Waals surface area (Å²) in [6.07, 6.45) is 8.65. The maximum Gasteiger partial charge on any atom is 0.308 e. The predicted octanol–water partition coefficient (Wildman–Crippen LogP) is 2.53. The number of piperidine rings is 1. The average Bonchev–Trinajstić information content (AvgIpc) is 3.39. The standard InChI is InChI=1S/C17H23N3O2/c21-17(22)12-4-3-9-20(10-12)16-13-5-1-2-6-14(13)18-15(19-16)11-7-8-11/h11-12H,1-10H2,(H,21,22)/t12-/m0/s1. The van der Waals surface area contributed by atoms with Crippen molar-refractivity contribution in [3.63, 3.8) is 0 Å². The van der Waals surface area contributed by atoms with Crippen molar-refractivity contribution >= 4 is 11.8 Å². The van der Waals surface area contributed by atoms with Gasteiger partial charge >= 0.3 is 5.97 Å². The Balaban J connectivity index is 1.69. The zero-order valence-corrected chi connectivity index (χ0v) is 12.9. The van der Waals surface area contributed by atoms with Crippen LogP contribution in [-0.4, -0.2) is 34.1 Å². The molecule has 4 rings (SSSR count). The highest BCUT2D eigenvalue weighted by molar-refractivity contribution is 5.71. The molecule has 1 atom stereocenters. The molecule has 22 heavy (non-hydrogen) atoms. The van der Waals surface area contributed by atoms with Crippen LogP contribution in [0.25, 0.3) is 0 Å². The molecule has 1 saturated carbocycles. The van der Waals surface area contributed by atoms with Crippen molar-refractivity contribution in [1.82, 2.24) is 9.97 Å². The molecule has 0 unspecified atom stereocenters. The molecule has 2 fully saturated rings. The van der Waals surface area contributed by atoms with E-state index in [1.54, 1.807) is 0 Å². The highest BCUT2D eigenvalue weighted by atomic mass is 16.4. The summed E-state index contributed by atoms with van der Waals surface area (Å²) in [4.78, 5) is 23.3. The number of hydrogen-bond donors (Lipinski definition) is 1. The fraction of sp³-hybridized carbons (Fsp3) is 0.706. The summed E-state index contributed by atoms with van der Waals surface area (Å²) >= 11 is 0. The van der Waals surface area contributed by atoms with Crippen molar-refractivity contribution < 1.29 is 9.90 Å².